The van der Waals surface area contributed by atoms with Gasteiger partial charge in [0, 0.05) is 25.4 Å². The SMILES string of the molecule is CCOCCCNC(=O)C(=O)Nc1ccccc1C(C)(C)C. The van der Waals surface area contributed by atoms with Gasteiger partial charge in [0.2, 0.25) is 0 Å². The fourth-order valence-electron chi connectivity index (χ4n) is 2.03. The number of anilines is 1. The summed E-state index contributed by atoms with van der Waals surface area (Å²) < 4.78 is 5.17. The largest absolute Gasteiger partial charge is 0.382 e. The second-order valence-corrected chi connectivity index (χ2v) is 6.06. The molecule has 22 heavy (non-hydrogen) atoms. The zero-order valence-electron chi connectivity index (χ0n) is 13.9. The lowest BCUT2D eigenvalue weighted by atomic mass is 9.86. The molecule has 0 bridgehead atoms. The second kappa shape index (κ2) is 8.54. The first-order chi connectivity index (χ1) is 10.4. The number of carbonyl (C=O) groups is 2. The van der Waals surface area contributed by atoms with Crippen LogP contribution in [0, 0.1) is 0 Å². The average molecular weight is 306 g/mol. The lowest BCUT2D eigenvalue weighted by Gasteiger charge is -2.22. The Balaban J connectivity index is 2.56. The summed E-state index contributed by atoms with van der Waals surface area (Å²) in [6, 6.07) is 7.52. The van der Waals surface area contributed by atoms with Gasteiger partial charge >= 0.3 is 11.8 Å². The molecule has 1 aromatic rings. The number of carbonyl (C=O) groups excluding carboxylic acids is 2. The highest BCUT2D eigenvalue weighted by atomic mass is 16.5. The molecule has 5 nitrogen and oxygen atoms in total. The van der Waals surface area contributed by atoms with Crippen LogP contribution < -0.4 is 10.6 Å². The molecule has 0 saturated carbocycles. The van der Waals surface area contributed by atoms with Gasteiger partial charge in [0.25, 0.3) is 0 Å². The van der Waals surface area contributed by atoms with Gasteiger partial charge in [-0.3, -0.25) is 9.59 Å². The summed E-state index contributed by atoms with van der Waals surface area (Å²) in [6.07, 6.45) is 0.686. The van der Waals surface area contributed by atoms with E-state index in [0.717, 1.165) is 5.56 Å². The van der Waals surface area contributed by atoms with Gasteiger partial charge < -0.3 is 15.4 Å². The predicted molar refractivity (Wildman–Crippen MR) is 87.9 cm³/mol. The summed E-state index contributed by atoms with van der Waals surface area (Å²) in [5.41, 5.74) is 1.55. The molecule has 0 aliphatic rings. The minimum absolute atomic E-state index is 0.113. The monoisotopic (exact) mass is 306 g/mol. The van der Waals surface area contributed by atoms with Gasteiger partial charge in [-0.25, -0.2) is 0 Å². The number of rotatable bonds is 6. The molecule has 0 aliphatic heterocycles. The lowest BCUT2D eigenvalue weighted by molar-refractivity contribution is -0.136. The van der Waals surface area contributed by atoms with Crippen molar-refractivity contribution in [2.45, 2.75) is 39.5 Å². The molecule has 0 aliphatic carbocycles. The third-order valence-electron chi connectivity index (χ3n) is 3.14. The first kappa shape index (κ1) is 18.2. The van der Waals surface area contributed by atoms with Crippen LogP contribution in [-0.4, -0.2) is 31.6 Å². The highest BCUT2D eigenvalue weighted by Crippen LogP contribution is 2.29. The maximum absolute atomic E-state index is 12.0. The summed E-state index contributed by atoms with van der Waals surface area (Å²) in [6.45, 7) is 9.75. The summed E-state index contributed by atoms with van der Waals surface area (Å²) in [7, 11) is 0. The predicted octanol–water partition coefficient (Wildman–Crippen LogP) is 2.47. The van der Waals surface area contributed by atoms with Crippen molar-refractivity contribution < 1.29 is 14.3 Å². The molecular weight excluding hydrogens is 280 g/mol. The zero-order valence-corrected chi connectivity index (χ0v) is 13.9. The van der Waals surface area contributed by atoms with Gasteiger partial charge in [0.05, 0.1) is 0 Å². The van der Waals surface area contributed by atoms with Crippen molar-refractivity contribution in [3.8, 4) is 0 Å². The second-order valence-electron chi connectivity index (χ2n) is 6.06. The first-order valence-electron chi connectivity index (χ1n) is 7.62. The van der Waals surface area contributed by atoms with E-state index in [4.69, 9.17) is 4.74 Å². The van der Waals surface area contributed by atoms with Crippen LogP contribution in [0.5, 0.6) is 0 Å². The van der Waals surface area contributed by atoms with Crippen molar-refractivity contribution in [3.63, 3.8) is 0 Å². The van der Waals surface area contributed by atoms with Crippen LogP contribution in [0.15, 0.2) is 24.3 Å². The molecule has 0 aromatic heterocycles. The Bertz CT molecular complexity index is 507. The normalized spacial score (nSPS) is 11.1. The van der Waals surface area contributed by atoms with E-state index in [1.54, 1.807) is 6.07 Å². The van der Waals surface area contributed by atoms with Crippen LogP contribution in [0.3, 0.4) is 0 Å². The molecule has 5 heteroatoms. The van der Waals surface area contributed by atoms with Crippen molar-refractivity contribution >= 4 is 17.5 Å². The molecule has 2 N–H and O–H groups in total. The number of hydrogen-bond donors (Lipinski definition) is 2. The van der Waals surface area contributed by atoms with E-state index < -0.39 is 11.8 Å². The Labute approximate surface area is 132 Å². The smallest absolute Gasteiger partial charge is 0.313 e. The van der Waals surface area contributed by atoms with Crippen LogP contribution >= 0.6 is 0 Å². The molecule has 2 amide bonds. The summed E-state index contributed by atoms with van der Waals surface area (Å²) in [5.74, 6) is -1.27. The quantitative estimate of drug-likeness (QED) is 0.626. The maximum Gasteiger partial charge on any atom is 0.313 e. The van der Waals surface area contributed by atoms with Gasteiger partial charge in [-0.2, -0.15) is 0 Å². The fourth-order valence-corrected chi connectivity index (χ4v) is 2.03. The van der Waals surface area contributed by atoms with Crippen molar-refractivity contribution in [1.29, 1.82) is 0 Å². The standard InChI is InChI=1S/C17H26N2O3/c1-5-22-12-8-11-18-15(20)16(21)19-14-10-7-6-9-13(14)17(2,3)4/h6-7,9-10H,5,8,11-12H2,1-4H3,(H,18,20)(H,19,21). The summed E-state index contributed by atoms with van der Waals surface area (Å²) in [5, 5.41) is 5.28. The molecule has 0 atom stereocenters. The van der Waals surface area contributed by atoms with E-state index in [1.165, 1.54) is 0 Å². The number of ether oxygens (including phenoxy) is 1. The van der Waals surface area contributed by atoms with Crippen LogP contribution in [-0.2, 0) is 19.7 Å². The number of benzene rings is 1. The molecule has 122 valence electrons. The van der Waals surface area contributed by atoms with E-state index in [1.807, 2.05) is 25.1 Å². The van der Waals surface area contributed by atoms with E-state index in [-0.39, 0.29) is 5.41 Å². The van der Waals surface area contributed by atoms with Crippen molar-refractivity contribution in [2.24, 2.45) is 0 Å². The average Bonchev–Trinajstić information content (AvgIpc) is 2.46. The fraction of sp³-hybridized carbons (Fsp3) is 0.529. The maximum atomic E-state index is 12.0. The van der Waals surface area contributed by atoms with Crippen LogP contribution in [0.25, 0.3) is 0 Å². The van der Waals surface area contributed by atoms with E-state index in [0.29, 0.717) is 31.9 Å². The molecule has 0 heterocycles. The van der Waals surface area contributed by atoms with E-state index >= 15 is 0 Å². The van der Waals surface area contributed by atoms with Crippen molar-refractivity contribution in [1.82, 2.24) is 5.32 Å². The molecule has 1 aromatic carbocycles. The number of amides is 2. The van der Waals surface area contributed by atoms with E-state index in [9.17, 15) is 9.59 Å². The minimum Gasteiger partial charge on any atom is -0.382 e. The number of para-hydroxylation sites is 1. The van der Waals surface area contributed by atoms with Gasteiger partial charge in [0.15, 0.2) is 0 Å². The van der Waals surface area contributed by atoms with Crippen LogP contribution in [0.1, 0.15) is 39.7 Å². The Hall–Kier alpha value is -1.88. The van der Waals surface area contributed by atoms with Crippen molar-refractivity contribution in [2.75, 3.05) is 25.1 Å². The lowest BCUT2D eigenvalue weighted by Crippen LogP contribution is -2.36. The molecule has 0 unspecified atom stereocenters. The van der Waals surface area contributed by atoms with Crippen molar-refractivity contribution in [3.05, 3.63) is 29.8 Å². The third-order valence-corrected chi connectivity index (χ3v) is 3.14. The van der Waals surface area contributed by atoms with Gasteiger partial charge in [-0.05, 0) is 30.4 Å². The molecule has 0 radical (unpaired) electrons. The summed E-state index contributed by atoms with van der Waals surface area (Å²) in [4.78, 5) is 23.7. The number of hydrogen-bond acceptors (Lipinski definition) is 3. The van der Waals surface area contributed by atoms with E-state index in [2.05, 4.69) is 31.4 Å². The topological polar surface area (TPSA) is 67.4 Å². The van der Waals surface area contributed by atoms with Gasteiger partial charge in [-0.1, -0.05) is 39.0 Å². The first-order valence-corrected chi connectivity index (χ1v) is 7.62. The van der Waals surface area contributed by atoms with Gasteiger partial charge in [-0.15, -0.1) is 0 Å². The van der Waals surface area contributed by atoms with Crippen LogP contribution in [0.2, 0.25) is 0 Å². The zero-order chi connectivity index (χ0) is 16.6. The Morgan fingerprint density at radius 3 is 2.45 bits per heavy atom. The Morgan fingerprint density at radius 2 is 1.82 bits per heavy atom. The molecule has 0 fully saturated rings. The minimum atomic E-state index is -0.645. The number of nitrogens with one attached hydrogen (secondary N) is 2. The molecular formula is C17H26N2O3. The molecule has 0 saturated heterocycles. The van der Waals surface area contributed by atoms with Crippen LogP contribution in [0.4, 0.5) is 5.69 Å². The highest BCUT2D eigenvalue weighted by Gasteiger charge is 2.20. The summed E-state index contributed by atoms with van der Waals surface area (Å²) >= 11 is 0. The highest BCUT2D eigenvalue weighted by molar-refractivity contribution is 6.39. The molecule has 1 rings (SSSR count). The Morgan fingerprint density at radius 1 is 1.14 bits per heavy atom. The van der Waals surface area contributed by atoms with Gasteiger partial charge in [0.1, 0.15) is 0 Å². The third kappa shape index (κ3) is 5.85. The molecule has 0 spiro atoms. The Kier molecular flexibility index (Phi) is 7.05.